The predicted molar refractivity (Wildman–Crippen MR) is 104 cm³/mol. The molecule has 3 N–H and O–H groups in total. The number of nitrogens with one attached hydrogen (secondary N) is 1. The molecule has 1 heterocycles. The number of amides is 1. The number of hydrogen-bond donors (Lipinski definition) is 2. The van der Waals surface area contributed by atoms with Crippen LogP contribution in [0.15, 0.2) is 36.7 Å². The summed E-state index contributed by atoms with van der Waals surface area (Å²) in [5, 5.41) is 3.03. The highest BCUT2D eigenvalue weighted by Crippen LogP contribution is 2.26. The lowest BCUT2D eigenvalue weighted by Crippen LogP contribution is -2.41. The van der Waals surface area contributed by atoms with E-state index in [0.29, 0.717) is 24.6 Å². The zero-order chi connectivity index (χ0) is 19.1. The van der Waals surface area contributed by atoms with Crippen molar-refractivity contribution in [2.45, 2.75) is 46.8 Å². The first-order valence-electron chi connectivity index (χ1n) is 9.04. The van der Waals surface area contributed by atoms with Crippen molar-refractivity contribution in [2.75, 3.05) is 6.54 Å². The molecule has 1 amide bonds. The van der Waals surface area contributed by atoms with Crippen LogP contribution in [0.2, 0.25) is 0 Å². The summed E-state index contributed by atoms with van der Waals surface area (Å²) in [6, 6.07) is 7.58. The van der Waals surface area contributed by atoms with E-state index < -0.39 is 0 Å². The Morgan fingerprint density at radius 3 is 2.50 bits per heavy atom. The van der Waals surface area contributed by atoms with Gasteiger partial charge >= 0.3 is 0 Å². The Morgan fingerprint density at radius 2 is 1.96 bits per heavy atom. The molecule has 5 nitrogen and oxygen atoms in total. The number of benzene rings is 1. The summed E-state index contributed by atoms with van der Waals surface area (Å²) in [5.41, 5.74) is 9.30. The summed E-state index contributed by atoms with van der Waals surface area (Å²) in [4.78, 5) is 16.7. The lowest BCUT2D eigenvalue weighted by atomic mass is 10.0. The molecule has 0 radical (unpaired) electrons. The van der Waals surface area contributed by atoms with Crippen LogP contribution in [0.4, 0.5) is 0 Å². The Morgan fingerprint density at radius 1 is 1.27 bits per heavy atom. The Labute approximate surface area is 156 Å². The van der Waals surface area contributed by atoms with E-state index >= 15 is 0 Å². The molecule has 1 atom stereocenters. The van der Waals surface area contributed by atoms with E-state index in [-0.39, 0.29) is 11.9 Å². The van der Waals surface area contributed by atoms with Crippen LogP contribution in [0.5, 0.6) is 5.75 Å². The van der Waals surface area contributed by atoms with Crippen molar-refractivity contribution in [2.24, 2.45) is 11.7 Å². The van der Waals surface area contributed by atoms with Gasteiger partial charge in [0.15, 0.2) is 0 Å². The van der Waals surface area contributed by atoms with Crippen molar-refractivity contribution in [1.82, 2.24) is 10.3 Å². The molecule has 0 aliphatic carbocycles. The second-order valence-corrected chi connectivity index (χ2v) is 7.12. The highest BCUT2D eigenvalue weighted by atomic mass is 16.5. The minimum absolute atomic E-state index is 0.00961. The average Bonchev–Trinajstić information content (AvgIpc) is 2.60. The number of ether oxygens (including phenoxy) is 1. The van der Waals surface area contributed by atoms with Gasteiger partial charge in [-0.25, -0.2) is 0 Å². The fraction of sp³-hybridized carbons (Fsp3) is 0.429. The molecule has 1 aromatic carbocycles. The molecule has 0 spiro atoms. The molecule has 5 heteroatoms. The molecule has 2 aromatic rings. The molecule has 0 aliphatic heterocycles. The summed E-state index contributed by atoms with van der Waals surface area (Å²) in [6.07, 6.45) is 4.39. The molecule has 140 valence electrons. The van der Waals surface area contributed by atoms with E-state index in [1.165, 1.54) is 0 Å². The van der Waals surface area contributed by atoms with Crippen LogP contribution in [0, 0.1) is 19.8 Å². The summed E-state index contributed by atoms with van der Waals surface area (Å²) < 4.78 is 5.95. The predicted octanol–water partition coefficient (Wildman–Crippen LogP) is 3.38. The summed E-state index contributed by atoms with van der Waals surface area (Å²) >= 11 is 0. The van der Waals surface area contributed by atoms with Gasteiger partial charge in [-0.15, -0.1) is 0 Å². The van der Waals surface area contributed by atoms with Gasteiger partial charge in [-0.1, -0.05) is 19.9 Å². The smallest absolute Gasteiger partial charge is 0.251 e. The van der Waals surface area contributed by atoms with E-state index in [0.717, 1.165) is 28.9 Å². The fourth-order valence-corrected chi connectivity index (χ4v) is 3.00. The fourth-order valence-electron chi connectivity index (χ4n) is 3.00. The highest BCUT2D eigenvalue weighted by Gasteiger charge is 2.16. The monoisotopic (exact) mass is 355 g/mol. The van der Waals surface area contributed by atoms with Crippen molar-refractivity contribution in [3.8, 4) is 5.75 Å². The molecule has 26 heavy (non-hydrogen) atoms. The second-order valence-electron chi connectivity index (χ2n) is 7.12. The van der Waals surface area contributed by atoms with Crippen LogP contribution in [-0.2, 0) is 6.61 Å². The molecular weight excluding hydrogens is 326 g/mol. The largest absolute Gasteiger partial charge is 0.488 e. The van der Waals surface area contributed by atoms with Gasteiger partial charge in [0.05, 0.1) is 0 Å². The Bertz CT molecular complexity index is 706. The molecule has 0 saturated heterocycles. The Hall–Kier alpha value is -2.40. The Balaban J connectivity index is 2.08. The van der Waals surface area contributed by atoms with E-state index in [1.807, 2.05) is 38.1 Å². The van der Waals surface area contributed by atoms with Crippen molar-refractivity contribution >= 4 is 5.91 Å². The molecule has 1 aromatic heterocycles. The minimum Gasteiger partial charge on any atom is -0.488 e. The van der Waals surface area contributed by atoms with Crippen molar-refractivity contribution in [3.63, 3.8) is 0 Å². The normalized spacial score (nSPS) is 12.1. The first-order valence-corrected chi connectivity index (χ1v) is 9.04. The van der Waals surface area contributed by atoms with Crippen molar-refractivity contribution in [3.05, 3.63) is 58.9 Å². The van der Waals surface area contributed by atoms with Gasteiger partial charge in [-0.3, -0.25) is 9.78 Å². The van der Waals surface area contributed by atoms with Gasteiger partial charge < -0.3 is 15.8 Å². The van der Waals surface area contributed by atoms with Gasteiger partial charge in [-0.2, -0.15) is 0 Å². The van der Waals surface area contributed by atoms with Gasteiger partial charge in [0.25, 0.3) is 5.91 Å². The topological polar surface area (TPSA) is 77.2 Å². The van der Waals surface area contributed by atoms with Gasteiger partial charge in [-0.05, 0) is 55.5 Å². The number of hydrogen-bond acceptors (Lipinski definition) is 4. The summed E-state index contributed by atoms with van der Waals surface area (Å²) in [7, 11) is 0. The lowest BCUT2D eigenvalue weighted by molar-refractivity contribution is 0.0933. The third kappa shape index (κ3) is 5.56. The molecule has 0 saturated carbocycles. The molecule has 1 unspecified atom stereocenters. The number of nitrogens with two attached hydrogens (primary N) is 1. The van der Waals surface area contributed by atoms with E-state index in [9.17, 15) is 4.79 Å². The zero-order valence-corrected chi connectivity index (χ0v) is 16.1. The maximum atomic E-state index is 12.6. The number of rotatable bonds is 8. The standard InChI is InChI=1S/C21H29N3O2/c1-14(2)8-19(11-22)24-21(25)18-9-15(3)20(16(4)10-18)26-13-17-6-5-7-23-12-17/h5-7,9-10,12,14,19H,8,11,13,22H2,1-4H3,(H,24,25). The SMILES string of the molecule is Cc1cc(C(=O)NC(CN)CC(C)C)cc(C)c1OCc1cccnc1. The van der Waals surface area contributed by atoms with Crippen LogP contribution in [-0.4, -0.2) is 23.5 Å². The van der Waals surface area contributed by atoms with Crippen molar-refractivity contribution in [1.29, 1.82) is 0 Å². The van der Waals surface area contributed by atoms with Crippen LogP contribution in [0.3, 0.4) is 0 Å². The molecule has 0 fully saturated rings. The zero-order valence-electron chi connectivity index (χ0n) is 16.1. The van der Waals surface area contributed by atoms with Crippen molar-refractivity contribution < 1.29 is 9.53 Å². The second kappa shape index (κ2) is 9.34. The van der Waals surface area contributed by atoms with Crippen LogP contribution >= 0.6 is 0 Å². The minimum atomic E-state index is -0.0916. The van der Waals surface area contributed by atoms with E-state index in [2.05, 4.69) is 24.1 Å². The number of pyridine rings is 1. The first kappa shape index (κ1) is 19.9. The molecule has 0 bridgehead atoms. The van der Waals surface area contributed by atoms with Gasteiger partial charge in [0, 0.05) is 36.1 Å². The van der Waals surface area contributed by atoms with E-state index in [4.69, 9.17) is 10.5 Å². The quantitative estimate of drug-likeness (QED) is 0.761. The summed E-state index contributed by atoms with van der Waals surface area (Å²) in [6.45, 7) is 9.04. The Kier molecular flexibility index (Phi) is 7.16. The summed E-state index contributed by atoms with van der Waals surface area (Å²) in [5.74, 6) is 1.20. The number of aromatic nitrogens is 1. The van der Waals surface area contributed by atoms with Crippen LogP contribution in [0.25, 0.3) is 0 Å². The lowest BCUT2D eigenvalue weighted by Gasteiger charge is -2.20. The first-order chi connectivity index (χ1) is 12.4. The maximum absolute atomic E-state index is 12.6. The van der Waals surface area contributed by atoms with E-state index in [1.54, 1.807) is 12.4 Å². The average molecular weight is 355 g/mol. The third-order valence-electron chi connectivity index (χ3n) is 4.20. The molecular formula is C21H29N3O2. The molecule has 2 rings (SSSR count). The number of aryl methyl sites for hydroxylation is 2. The van der Waals surface area contributed by atoms with Crippen LogP contribution < -0.4 is 15.8 Å². The maximum Gasteiger partial charge on any atom is 0.251 e. The van der Waals surface area contributed by atoms with Crippen LogP contribution in [0.1, 0.15) is 47.3 Å². The number of carbonyl (C=O) groups excluding carboxylic acids is 1. The van der Waals surface area contributed by atoms with Gasteiger partial charge in [0.2, 0.25) is 0 Å². The third-order valence-corrected chi connectivity index (χ3v) is 4.20. The number of nitrogens with zero attached hydrogens (tertiary/aromatic N) is 1. The molecule has 0 aliphatic rings. The highest BCUT2D eigenvalue weighted by molar-refractivity contribution is 5.95. The number of carbonyl (C=O) groups is 1. The van der Waals surface area contributed by atoms with Gasteiger partial charge in [0.1, 0.15) is 12.4 Å².